The molecule has 0 bridgehead atoms. The highest BCUT2D eigenvalue weighted by atomic mass is 31.2. The van der Waals surface area contributed by atoms with Crippen molar-refractivity contribution in [3.05, 3.63) is 97.2 Å². The molecule has 0 saturated heterocycles. The Hall–Kier alpha value is -3.07. The smallest absolute Gasteiger partial charge is 0.306 e. The predicted octanol–water partition coefficient (Wildman–Crippen LogP) is 10.4. The summed E-state index contributed by atoms with van der Waals surface area (Å²) in [6.45, 7) is 3.85. The molecule has 0 aliphatic carbocycles. The summed E-state index contributed by atoms with van der Waals surface area (Å²) < 4.78 is 33.7. The number of allylic oxidation sites excluding steroid dienone is 16. The number of carbonyl (C=O) groups is 2. The van der Waals surface area contributed by atoms with Gasteiger partial charge in [-0.3, -0.25) is 14.2 Å². The van der Waals surface area contributed by atoms with Crippen LogP contribution in [0, 0.1) is 0 Å². The molecule has 2 unspecified atom stereocenters. The number of esters is 2. The van der Waals surface area contributed by atoms with Gasteiger partial charge in [0, 0.05) is 12.8 Å². The fraction of sp³-hybridized carbons (Fsp3) is 0.591. The van der Waals surface area contributed by atoms with Gasteiger partial charge in [0.05, 0.1) is 27.7 Å². The minimum absolute atomic E-state index is 0.0517. The summed E-state index contributed by atoms with van der Waals surface area (Å²) in [5.74, 6) is -0.946. The van der Waals surface area contributed by atoms with Crippen molar-refractivity contribution >= 4 is 19.8 Å². The summed E-state index contributed by atoms with van der Waals surface area (Å²) in [7, 11) is 1.09. The van der Waals surface area contributed by atoms with Crippen LogP contribution in [0.1, 0.15) is 117 Å². The molecular formula is C44H72NO8P. The highest BCUT2D eigenvalue weighted by Gasteiger charge is 2.21. The summed E-state index contributed by atoms with van der Waals surface area (Å²) in [6.07, 6.45) is 45.9. The lowest BCUT2D eigenvalue weighted by Crippen LogP contribution is -2.37. The van der Waals surface area contributed by atoms with E-state index in [2.05, 4.69) is 111 Å². The molecule has 0 aromatic rings. The van der Waals surface area contributed by atoms with Crippen molar-refractivity contribution in [3.8, 4) is 0 Å². The zero-order valence-electron chi connectivity index (χ0n) is 34.1. The van der Waals surface area contributed by atoms with Crippen molar-refractivity contribution in [3.63, 3.8) is 0 Å². The van der Waals surface area contributed by atoms with Crippen LogP contribution in [0.5, 0.6) is 0 Å². The number of phosphoric acid groups is 1. The number of quaternary nitrogens is 1. The van der Waals surface area contributed by atoms with Gasteiger partial charge in [0.25, 0.3) is 7.82 Å². The van der Waals surface area contributed by atoms with E-state index < -0.39 is 32.5 Å². The first-order chi connectivity index (χ1) is 26.0. The van der Waals surface area contributed by atoms with E-state index in [-0.39, 0.29) is 26.1 Å². The third-order valence-electron chi connectivity index (χ3n) is 7.60. The Morgan fingerprint density at radius 2 is 0.981 bits per heavy atom. The Labute approximate surface area is 328 Å². The molecule has 0 aliphatic heterocycles. The van der Waals surface area contributed by atoms with E-state index in [1.807, 2.05) is 21.1 Å². The van der Waals surface area contributed by atoms with Crippen molar-refractivity contribution in [2.75, 3.05) is 47.5 Å². The van der Waals surface area contributed by atoms with Gasteiger partial charge in [-0.15, -0.1) is 0 Å². The van der Waals surface area contributed by atoms with Gasteiger partial charge in [0.15, 0.2) is 6.10 Å². The Bertz CT molecular complexity index is 1240. The van der Waals surface area contributed by atoms with Crippen LogP contribution in [0.2, 0.25) is 0 Å². The number of unbranched alkanes of at least 4 members (excludes halogenated alkanes) is 4. The van der Waals surface area contributed by atoms with E-state index in [0.29, 0.717) is 23.9 Å². The quantitative estimate of drug-likeness (QED) is 0.0209. The van der Waals surface area contributed by atoms with Crippen LogP contribution in [-0.2, 0) is 32.7 Å². The van der Waals surface area contributed by atoms with E-state index in [0.717, 1.165) is 77.0 Å². The Balaban J connectivity index is 4.59. The van der Waals surface area contributed by atoms with E-state index in [4.69, 9.17) is 18.5 Å². The first-order valence-corrected chi connectivity index (χ1v) is 21.4. The average molecular weight is 774 g/mol. The van der Waals surface area contributed by atoms with E-state index >= 15 is 0 Å². The molecule has 0 saturated carbocycles. The zero-order valence-corrected chi connectivity index (χ0v) is 35.0. The highest BCUT2D eigenvalue weighted by molar-refractivity contribution is 7.45. The zero-order chi connectivity index (χ0) is 40.0. The molecule has 0 heterocycles. The number of phosphoric ester groups is 1. The first-order valence-electron chi connectivity index (χ1n) is 19.9. The van der Waals surface area contributed by atoms with Crippen LogP contribution in [0.15, 0.2) is 97.2 Å². The molecule has 0 spiro atoms. The lowest BCUT2D eigenvalue weighted by Gasteiger charge is -2.28. The van der Waals surface area contributed by atoms with Crippen LogP contribution in [-0.4, -0.2) is 70.0 Å². The van der Waals surface area contributed by atoms with Gasteiger partial charge < -0.3 is 27.9 Å². The number of carbonyl (C=O) groups excluding carboxylic acids is 2. The maximum atomic E-state index is 12.6. The molecule has 0 fully saturated rings. The van der Waals surface area contributed by atoms with Gasteiger partial charge in [0.2, 0.25) is 0 Å². The minimum Gasteiger partial charge on any atom is -0.756 e. The van der Waals surface area contributed by atoms with Gasteiger partial charge in [-0.2, -0.15) is 0 Å². The van der Waals surface area contributed by atoms with Crippen molar-refractivity contribution in [1.82, 2.24) is 0 Å². The van der Waals surface area contributed by atoms with Crippen molar-refractivity contribution < 1.29 is 42.1 Å². The number of hydrogen-bond acceptors (Lipinski definition) is 8. The number of nitrogens with zero attached hydrogens (tertiary/aromatic N) is 1. The van der Waals surface area contributed by atoms with Crippen LogP contribution < -0.4 is 4.89 Å². The van der Waals surface area contributed by atoms with E-state index in [9.17, 15) is 19.0 Å². The Kier molecular flexibility index (Phi) is 33.6. The largest absolute Gasteiger partial charge is 0.756 e. The highest BCUT2D eigenvalue weighted by Crippen LogP contribution is 2.38. The van der Waals surface area contributed by atoms with Crippen LogP contribution >= 0.6 is 7.82 Å². The average Bonchev–Trinajstić information content (AvgIpc) is 3.12. The molecule has 0 aromatic heterocycles. The van der Waals surface area contributed by atoms with Gasteiger partial charge in [-0.1, -0.05) is 111 Å². The molecule has 54 heavy (non-hydrogen) atoms. The van der Waals surface area contributed by atoms with Gasteiger partial charge >= 0.3 is 11.9 Å². The summed E-state index contributed by atoms with van der Waals surface area (Å²) in [4.78, 5) is 37.4. The molecule has 0 aliphatic rings. The minimum atomic E-state index is -4.65. The van der Waals surface area contributed by atoms with Crippen molar-refractivity contribution in [2.24, 2.45) is 0 Å². The maximum Gasteiger partial charge on any atom is 0.306 e. The summed E-state index contributed by atoms with van der Waals surface area (Å²) >= 11 is 0. The monoisotopic (exact) mass is 773 g/mol. The lowest BCUT2D eigenvalue weighted by atomic mass is 10.1. The van der Waals surface area contributed by atoms with Gasteiger partial charge in [-0.25, -0.2) is 0 Å². The predicted molar refractivity (Wildman–Crippen MR) is 222 cm³/mol. The second kappa shape index (κ2) is 35.6. The van der Waals surface area contributed by atoms with E-state index in [1.165, 1.54) is 0 Å². The third kappa shape index (κ3) is 38.6. The normalized spacial score (nSPS) is 14.7. The maximum absolute atomic E-state index is 12.6. The summed E-state index contributed by atoms with van der Waals surface area (Å²) in [5.41, 5.74) is 0. The lowest BCUT2D eigenvalue weighted by molar-refractivity contribution is -0.870. The van der Waals surface area contributed by atoms with Crippen LogP contribution in [0.25, 0.3) is 0 Å². The Morgan fingerprint density at radius 1 is 0.574 bits per heavy atom. The summed E-state index contributed by atoms with van der Waals surface area (Å²) in [5, 5.41) is 0. The molecule has 2 atom stereocenters. The molecule has 9 nitrogen and oxygen atoms in total. The second-order valence-electron chi connectivity index (χ2n) is 13.9. The van der Waals surface area contributed by atoms with Crippen LogP contribution in [0.4, 0.5) is 0 Å². The third-order valence-corrected chi connectivity index (χ3v) is 8.56. The van der Waals surface area contributed by atoms with E-state index in [1.54, 1.807) is 0 Å². The number of hydrogen-bond donors (Lipinski definition) is 0. The number of rotatable bonds is 34. The summed E-state index contributed by atoms with van der Waals surface area (Å²) in [6, 6.07) is 0. The molecule has 0 N–H and O–H groups in total. The first kappa shape index (κ1) is 50.9. The number of ether oxygens (including phenoxy) is 2. The number of likely N-dealkylation sites (N-methyl/N-ethyl adjacent to an activating group) is 1. The molecule has 0 rings (SSSR count). The van der Waals surface area contributed by atoms with Gasteiger partial charge in [0.1, 0.15) is 19.8 Å². The molecular weight excluding hydrogens is 701 g/mol. The topological polar surface area (TPSA) is 111 Å². The SMILES string of the molecule is CC/C=C\C/C=C\C/C=C\C/C=C\CCCCC(=O)OCC(COP(=O)([O-])OCC[N+](C)(C)C)OC(=O)CCCC/C=C\C/C=C\C/C=C\C/C=C\CC. The fourth-order valence-corrected chi connectivity index (χ4v) is 5.24. The standard InChI is InChI=1S/C44H72NO8P/c1-6-8-10-12-14-16-18-20-22-24-26-28-30-32-34-36-43(46)50-40-42(41-52-54(48,49)51-39-38-45(3,4)5)53-44(47)37-35-33-31-29-27-25-23-21-19-17-15-13-11-9-7-2/h8-11,14-17,20-23,26-29,42H,6-7,12-13,18-19,24-25,30-41H2,1-5H3/b10-8-,11-9-,16-14-,17-15-,22-20-,23-21-,28-26-,29-27-. The second-order valence-corrected chi connectivity index (χ2v) is 15.3. The molecule has 0 amide bonds. The van der Waals surface area contributed by atoms with Crippen molar-refractivity contribution in [2.45, 2.75) is 123 Å². The molecule has 10 heteroatoms. The molecule has 306 valence electrons. The van der Waals surface area contributed by atoms with Crippen LogP contribution in [0.3, 0.4) is 0 Å². The van der Waals surface area contributed by atoms with Gasteiger partial charge in [-0.05, 0) is 89.9 Å². The fourth-order valence-electron chi connectivity index (χ4n) is 4.52. The van der Waals surface area contributed by atoms with Crippen molar-refractivity contribution in [1.29, 1.82) is 0 Å². The molecule has 0 aromatic carbocycles. The molecule has 0 radical (unpaired) electrons. The Morgan fingerprint density at radius 3 is 1.41 bits per heavy atom.